The van der Waals surface area contributed by atoms with Gasteiger partial charge in [0.15, 0.2) is 15.7 Å². The molecule has 0 atom stereocenters. The minimum atomic E-state index is -3.36. The molecule has 0 aliphatic heterocycles. The van der Waals surface area contributed by atoms with E-state index in [4.69, 9.17) is 5.73 Å². The van der Waals surface area contributed by atoms with Gasteiger partial charge in [0.2, 0.25) is 0 Å². The summed E-state index contributed by atoms with van der Waals surface area (Å²) in [5, 5.41) is 10.9. The molecule has 3 N–H and O–H groups in total. The Bertz CT molecular complexity index is 1100. The first-order valence-electron chi connectivity index (χ1n) is 8.17. The van der Waals surface area contributed by atoms with Gasteiger partial charge in [0.1, 0.15) is 22.9 Å². The number of imidazole rings is 1. The molecule has 0 amide bonds. The summed E-state index contributed by atoms with van der Waals surface area (Å²) >= 11 is 0. The number of halogens is 1. The van der Waals surface area contributed by atoms with Crippen LogP contribution in [0.25, 0.3) is 21.9 Å². The van der Waals surface area contributed by atoms with Gasteiger partial charge in [-0.05, 0) is 26.0 Å². The van der Waals surface area contributed by atoms with Gasteiger partial charge in [0.05, 0.1) is 23.2 Å². The third-order valence-electron chi connectivity index (χ3n) is 4.08. The maximum absolute atomic E-state index is 13.6. The van der Waals surface area contributed by atoms with E-state index in [0.717, 1.165) is 0 Å². The summed E-state index contributed by atoms with van der Waals surface area (Å²) in [5.74, 6) is -0.405. The second-order valence-corrected chi connectivity index (χ2v) is 9.31. The van der Waals surface area contributed by atoms with E-state index < -0.39 is 21.3 Å². The maximum atomic E-state index is 13.6. The monoisotopic (exact) mass is 380 g/mol. The van der Waals surface area contributed by atoms with Gasteiger partial charge in [-0.2, -0.15) is 0 Å². The Morgan fingerprint density at radius 1 is 1.31 bits per heavy atom. The highest BCUT2D eigenvalue weighted by molar-refractivity contribution is 7.90. The minimum absolute atomic E-state index is 0.0294. The molecule has 0 unspecified atom stereocenters. The number of sulfone groups is 1. The van der Waals surface area contributed by atoms with Crippen molar-refractivity contribution in [2.45, 2.75) is 38.7 Å². The zero-order valence-electron chi connectivity index (χ0n) is 14.8. The fourth-order valence-electron chi connectivity index (χ4n) is 2.90. The van der Waals surface area contributed by atoms with Crippen LogP contribution in [0.4, 0.5) is 10.2 Å². The Morgan fingerprint density at radius 2 is 2.00 bits per heavy atom. The highest BCUT2D eigenvalue weighted by atomic mass is 32.2. The fraction of sp³-hybridized carbons (Fsp3) is 0.412. The van der Waals surface area contributed by atoms with E-state index in [0.29, 0.717) is 21.9 Å². The first-order valence-corrected chi connectivity index (χ1v) is 9.99. The van der Waals surface area contributed by atoms with Crippen LogP contribution in [0.2, 0.25) is 0 Å². The Labute approximate surface area is 150 Å². The van der Waals surface area contributed by atoms with Crippen molar-refractivity contribution >= 4 is 37.6 Å². The zero-order valence-corrected chi connectivity index (χ0v) is 15.6. The van der Waals surface area contributed by atoms with Gasteiger partial charge >= 0.3 is 0 Å². The first-order chi connectivity index (χ1) is 12.0. The van der Waals surface area contributed by atoms with Crippen molar-refractivity contribution < 1.29 is 17.9 Å². The molecule has 140 valence electrons. The van der Waals surface area contributed by atoms with Crippen LogP contribution in [0.15, 0.2) is 18.2 Å². The molecule has 0 saturated carbocycles. The Balaban J connectivity index is 2.39. The lowest BCUT2D eigenvalue weighted by Gasteiger charge is -2.20. The predicted molar refractivity (Wildman–Crippen MR) is 98.9 cm³/mol. The average molecular weight is 380 g/mol. The summed E-state index contributed by atoms with van der Waals surface area (Å²) in [6.45, 7) is 4.90. The minimum Gasteiger partial charge on any atom is -0.389 e. The first kappa shape index (κ1) is 18.5. The maximum Gasteiger partial charge on any atom is 0.157 e. The number of fused-ring (bicyclic) bond motifs is 3. The van der Waals surface area contributed by atoms with Crippen molar-refractivity contribution in [1.82, 2.24) is 14.5 Å². The Morgan fingerprint density at radius 3 is 2.62 bits per heavy atom. The lowest BCUT2D eigenvalue weighted by atomic mass is 10.1. The van der Waals surface area contributed by atoms with E-state index in [-0.39, 0.29) is 29.7 Å². The number of nitrogen functional groups attached to an aromatic ring is 1. The van der Waals surface area contributed by atoms with Gasteiger partial charge < -0.3 is 15.4 Å². The second-order valence-electron chi connectivity index (χ2n) is 6.96. The van der Waals surface area contributed by atoms with Crippen LogP contribution in [0.1, 0.15) is 26.6 Å². The molecule has 9 heteroatoms. The van der Waals surface area contributed by atoms with Crippen LogP contribution in [0.5, 0.6) is 0 Å². The van der Waals surface area contributed by atoms with Gasteiger partial charge in [-0.25, -0.2) is 22.8 Å². The molecule has 7 nitrogen and oxygen atoms in total. The fourth-order valence-corrected chi connectivity index (χ4v) is 3.72. The van der Waals surface area contributed by atoms with Crippen LogP contribution in [-0.4, -0.2) is 39.4 Å². The molecule has 26 heavy (non-hydrogen) atoms. The number of nitrogens with zero attached hydrogens (tertiary/aromatic N) is 3. The lowest BCUT2D eigenvalue weighted by molar-refractivity contribution is 0.0620. The van der Waals surface area contributed by atoms with Crippen molar-refractivity contribution in [1.29, 1.82) is 0 Å². The molecule has 0 radical (unpaired) electrons. The topological polar surface area (TPSA) is 111 Å². The van der Waals surface area contributed by atoms with Crippen molar-refractivity contribution in [3.05, 3.63) is 29.8 Å². The second kappa shape index (κ2) is 6.17. The Hall–Kier alpha value is -2.26. The number of benzene rings is 1. The van der Waals surface area contributed by atoms with Crippen LogP contribution in [-0.2, 0) is 22.1 Å². The predicted octanol–water partition coefficient (Wildman–Crippen LogP) is 2.01. The molecule has 0 bridgehead atoms. The summed E-state index contributed by atoms with van der Waals surface area (Å²) < 4.78 is 39.5. The highest BCUT2D eigenvalue weighted by Crippen LogP contribution is 2.31. The van der Waals surface area contributed by atoms with Gasteiger partial charge in [-0.3, -0.25) is 0 Å². The number of aromatic nitrogens is 3. The van der Waals surface area contributed by atoms with E-state index >= 15 is 0 Å². The molecule has 2 aromatic heterocycles. The largest absolute Gasteiger partial charge is 0.389 e. The van der Waals surface area contributed by atoms with E-state index in [1.807, 2.05) is 0 Å². The van der Waals surface area contributed by atoms with E-state index in [2.05, 4.69) is 9.97 Å². The highest BCUT2D eigenvalue weighted by Gasteiger charge is 2.25. The third-order valence-corrected chi connectivity index (χ3v) is 5.66. The number of hydrogen-bond acceptors (Lipinski definition) is 6. The van der Waals surface area contributed by atoms with E-state index in [1.54, 1.807) is 31.4 Å². The summed E-state index contributed by atoms with van der Waals surface area (Å²) in [6.07, 6.45) is 0. The number of pyridine rings is 1. The van der Waals surface area contributed by atoms with Crippen molar-refractivity contribution in [2.24, 2.45) is 0 Å². The summed E-state index contributed by atoms with van der Waals surface area (Å²) in [7, 11) is -3.36. The van der Waals surface area contributed by atoms with Gasteiger partial charge in [0, 0.05) is 17.2 Å². The average Bonchev–Trinajstić information content (AvgIpc) is 2.84. The summed E-state index contributed by atoms with van der Waals surface area (Å²) in [4.78, 5) is 8.58. The molecular weight excluding hydrogens is 359 g/mol. The number of anilines is 1. The Kier molecular flexibility index (Phi) is 4.40. The quantitative estimate of drug-likeness (QED) is 0.700. The van der Waals surface area contributed by atoms with Gasteiger partial charge in [-0.1, -0.05) is 6.92 Å². The van der Waals surface area contributed by atoms with Gasteiger partial charge in [-0.15, -0.1) is 0 Å². The van der Waals surface area contributed by atoms with E-state index in [9.17, 15) is 17.9 Å². The molecule has 3 aromatic rings. The number of rotatable bonds is 5. The lowest BCUT2D eigenvalue weighted by Crippen LogP contribution is -2.27. The molecule has 0 fully saturated rings. The zero-order chi connectivity index (χ0) is 19.3. The van der Waals surface area contributed by atoms with Crippen molar-refractivity contribution in [2.75, 3.05) is 11.5 Å². The molecule has 3 rings (SSSR count). The van der Waals surface area contributed by atoms with Crippen molar-refractivity contribution in [3.8, 4) is 0 Å². The van der Waals surface area contributed by atoms with Crippen LogP contribution in [0, 0.1) is 5.82 Å². The standard InChI is InChI=1S/C17H21FN4O3S/c1-4-26(24,25)8-13-21-14-15(22(13)9-17(2,3)23)11-6-5-10(18)7-12(11)20-16(14)19/h5-7,23H,4,8-9H2,1-3H3,(H2,19,20). The SMILES string of the molecule is CCS(=O)(=O)Cc1nc2c(N)nc3cc(F)ccc3c2n1CC(C)(C)O. The third kappa shape index (κ3) is 3.49. The molecule has 1 aromatic carbocycles. The molecular formula is C17H21FN4O3S. The smallest absolute Gasteiger partial charge is 0.157 e. The molecule has 0 aliphatic rings. The molecule has 0 saturated heterocycles. The summed E-state index contributed by atoms with van der Waals surface area (Å²) in [5.41, 5.74) is 6.10. The normalized spacial score (nSPS) is 13.0. The van der Waals surface area contributed by atoms with Crippen molar-refractivity contribution in [3.63, 3.8) is 0 Å². The van der Waals surface area contributed by atoms with Crippen LogP contribution in [0.3, 0.4) is 0 Å². The molecule has 2 heterocycles. The number of hydrogen-bond donors (Lipinski definition) is 2. The van der Waals surface area contributed by atoms with Gasteiger partial charge in [0.25, 0.3) is 0 Å². The number of nitrogens with two attached hydrogens (primary N) is 1. The molecule has 0 spiro atoms. The van der Waals surface area contributed by atoms with E-state index in [1.165, 1.54) is 12.1 Å². The van der Waals surface area contributed by atoms with Crippen LogP contribution >= 0.6 is 0 Å². The van der Waals surface area contributed by atoms with Crippen LogP contribution < -0.4 is 5.73 Å². The molecule has 0 aliphatic carbocycles. The summed E-state index contributed by atoms with van der Waals surface area (Å²) in [6, 6.07) is 4.11. The number of aliphatic hydroxyl groups is 1.